The Bertz CT molecular complexity index is 219. The predicted octanol–water partition coefficient (Wildman–Crippen LogP) is 2.77. The molecule has 0 aliphatic rings. The lowest BCUT2D eigenvalue weighted by Crippen LogP contribution is -2.12. The molecule has 0 rings (SSSR count). The summed E-state index contributed by atoms with van der Waals surface area (Å²) < 4.78 is 0. The topological polar surface area (TPSA) is 32.3 Å². The largest absolute Gasteiger partial charge is 0.396 e. The minimum absolute atomic E-state index is 0.289. The van der Waals surface area contributed by atoms with Crippen molar-refractivity contribution in [1.82, 2.24) is 5.32 Å². The highest BCUT2D eigenvalue weighted by molar-refractivity contribution is 5.22. The average Bonchev–Trinajstić information content (AvgIpc) is 2.25. The van der Waals surface area contributed by atoms with Crippen molar-refractivity contribution < 1.29 is 5.11 Å². The van der Waals surface area contributed by atoms with Crippen LogP contribution in [0.3, 0.4) is 0 Å². The van der Waals surface area contributed by atoms with Gasteiger partial charge < -0.3 is 10.4 Å². The first-order chi connectivity index (χ1) is 7.20. The SMILES string of the molecule is C=C(/C=C/C(=C)NCCCCCO)CC. The maximum absolute atomic E-state index is 8.59. The summed E-state index contributed by atoms with van der Waals surface area (Å²) in [6.45, 7) is 11.1. The summed E-state index contributed by atoms with van der Waals surface area (Å²) in [4.78, 5) is 0. The number of hydrogen-bond donors (Lipinski definition) is 2. The summed E-state index contributed by atoms with van der Waals surface area (Å²) in [5, 5.41) is 11.8. The lowest BCUT2D eigenvalue weighted by Gasteiger charge is -2.05. The average molecular weight is 209 g/mol. The molecule has 0 aromatic rings. The van der Waals surface area contributed by atoms with Crippen molar-refractivity contribution in [2.45, 2.75) is 32.6 Å². The maximum atomic E-state index is 8.59. The Kier molecular flexibility index (Phi) is 8.88. The van der Waals surface area contributed by atoms with E-state index < -0.39 is 0 Å². The van der Waals surface area contributed by atoms with Gasteiger partial charge >= 0.3 is 0 Å². The van der Waals surface area contributed by atoms with Gasteiger partial charge in [0.05, 0.1) is 0 Å². The van der Waals surface area contributed by atoms with Crippen molar-refractivity contribution in [3.63, 3.8) is 0 Å². The van der Waals surface area contributed by atoms with E-state index in [0.29, 0.717) is 0 Å². The van der Waals surface area contributed by atoms with E-state index in [1.807, 2.05) is 12.2 Å². The Hall–Kier alpha value is -1.02. The van der Waals surface area contributed by atoms with Crippen LogP contribution in [-0.2, 0) is 0 Å². The molecule has 0 heterocycles. The third kappa shape index (κ3) is 9.29. The Morgan fingerprint density at radius 2 is 1.93 bits per heavy atom. The van der Waals surface area contributed by atoms with Crippen LogP contribution < -0.4 is 5.32 Å². The van der Waals surface area contributed by atoms with Gasteiger partial charge in [0, 0.05) is 18.8 Å². The van der Waals surface area contributed by atoms with Crippen molar-refractivity contribution in [3.8, 4) is 0 Å². The van der Waals surface area contributed by atoms with Crippen molar-refractivity contribution in [1.29, 1.82) is 0 Å². The zero-order valence-electron chi connectivity index (χ0n) is 9.76. The number of aliphatic hydroxyl groups excluding tert-OH is 1. The molecule has 0 atom stereocenters. The van der Waals surface area contributed by atoms with E-state index in [2.05, 4.69) is 25.4 Å². The van der Waals surface area contributed by atoms with Crippen molar-refractivity contribution >= 4 is 0 Å². The van der Waals surface area contributed by atoms with Gasteiger partial charge in [0.25, 0.3) is 0 Å². The van der Waals surface area contributed by atoms with Gasteiger partial charge in [0.1, 0.15) is 0 Å². The van der Waals surface area contributed by atoms with E-state index in [4.69, 9.17) is 5.11 Å². The van der Waals surface area contributed by atoms with Crippen LogP contribution in [0.4, 0.5) is 0 Å². The molecule has 0 amide bonds. The predicted molar refractivity (Wildman–Crippen MR) is 66.7 cm³/mol. The molecule has 2 N–H and O–H groups in total. The quantitative estimate of drug-likeness (QED) is 0.452. The lowest BCUT2D eigenvalue weighted by molar-refractivity contribution is 0.283. The number of aliphatic hydroxyl groups is 1. The standard InChI is InChI=1S/C13H23NO/c1-4-12(2)8-9-13(3)14-10-6-5-7-11-15/h8-9,14-15H,2-7,10-11H2,1H3/b9-8+. The molecular formula is C13H23NO. The molecule has 0 aromatic carbocycles. The number of nitrogens with one attached hydrogen (secondary N) is 1. The first-order valence-electron chi connectivity index (χ1n) is 5.60. The van der Waals surface area contributed by atoms with Gasteiger partial charge in [-0.15, -0.1) is 0 Å². The highest BCUT2D eigenvalue weighted by Crippen LogP contribution is 2.00. The highest BCUT2D eigenvalue weighted by Gasteiger charge is 1.89. The minimum Gasteiger partial charge on any atom is -0.396 e. The normalized spacial score (nSPS) is 10.5. The Balaban J connectivity index is 3.49. The molecule has 0 saturated carbocycles. The molecular weight excluding hydrogens is 186 g/mol. The summed E-state index contributed by atoms with van der Waals surface area (Å²) in [5.74, 6) is 0. The molecule has 0 spiro atoms. The molecule has 15 heavy (non-hydrogen) atoms. The monoisotopic (exact) mass is 209 g/mol. The van der Waals surface area contributed by atoms with Crippen LogP contribution in [-0.4, -0.2) is 18.3 Å². The second-order valence-electron chi connectivity index (χ2n) is 3.58. The first-order valence-corrected chi connectivity index (χ1v) is 5.60. The van der Waals surface area contributed by atoms with Gasteiger partial charge in [0.2, 0.25) is 0 Å². The van der Waals surface area contributed by atoms with E-state index in [1.165, 1.54) is 0 Å². The molecule has 2 heteroatoms. The van der Waals surface area contributed by atoms with Crippen LogP contribution in [0.2, 0.25) is 0 Å². The van der Waals surface area contributed by atoms with Crippen molar-refractivity contribution in [2.75, 3.05) is 13.2 Å². The number of hydrogen-bond acceptors (Lipinski definition) is 2. The fraction of sp³-hybridized carbons (Fsp3) is 0.538. The molecule has 0 aliphatic heterocycles. The van der Waals surface area contributed by atoms with Gasteiger partial charge in [-0.05, 0) is 31.8 Å². The molecule has 0 bridgehead atoms. The Morgan fingerprint density at radius 1 is 1.20 bits per heavy atom. The van der Waals surface area contributed by atoms with Crippen LogP contribution in [0.15, 0.2) is 36.6 Å². The van der Waals surface area contributed by atoms with Crippen LogP contribution >= 0.6 is 0 Å². The van der Waals surface area contributed by atoms with Gasteiger partial charge in [-0.1, -0.05) is 31.7 Å². The van der Waals surface area contributed by atoms with Crippen LogP contribution in [0, 0.1) is 0 Å². The zero-order valence-corrected chi connectivity index (χ0v) is 9.76. The van der Waals surface area contributed by atoms with Crippen molar-refractivity contribution in [2.24, 2.45) is 0 Å². The van der Waals surface area contributed by atoms with Crippen LogP contribution in [0.5, 0.6) is 0 Å². The van der Waals surface area contributed by atoms with E-state index in [0.717, 1.165) is 43.5 Å². The van der Waals surface area contributed by atoms with Crippen LogP contribution in [0.1, 0.15) is 32.6 Å². The van der Waals surface area contributed by atoms with E-state index >= 15 is 0 Å². The molecule has 0 unspecified atom stereocenters. The zero-order chi connectivity index (χ0) is 11.5. The molecule has 0 aliphatic carbocycles. The maximum Gasteiger partial charge on any atom is 0.0431 e. The fourth-order valence-electron chi connectivity index (χ4n) is 1.06. The van der Waals surface area contributed by atoms with Gasteiger partial charge in [-0.25, -0.2) is 0 Å². The van der Waals surface area contributed by atoms with Crippen LogP contribution in [0.25, 0.3) is 0 Å². The molecule has 0 aromatic heterocycles. The number of rotatable bonds is 9. The second kappa shape index (κ2) is 9.53. The summed E-state index contributed by atoms with van der Waals surface area (Å²) in [7, 11) is 0. The van der Waals surface area contributed by atoms with Gasteiger partial charge in [0.15, 0.2) is 0 Å². The van der Waals surface area contributed by atoms with E-state index in [-0.39, 0.29) is 6.61 Å². The third-order valence-corrected chi connectivity index (χ3v) is 2.16. The summed E-state index contributed by atoms with van der Waals surface area (Å²) in [5.41, 5.74) is 2.03. The lowest BCUT2D eigenvalue weighted by atomic mass is 10.2. The fourth-order valence-corrected chi connectivity index (χ4v) is 1.06. The van der Waals surface area contributed by atoms with Gasteiger partial charge in [-0.3, -0.25) is 0 Å². The highest BCUT2D eigenvalue weighted by atomic mass is 16.2. The summed E-state index contributed by atoms with van der Waals surface area (Å²) in [6, 6.07) is 0. The summed E-state index contributed by atoms with van der Waals surface area (Å²) in [6.07, 6.45) is 7.93. The summed E-state index contributed by atoms with van der Waals surface area (Å²) >= 11 is 0. The van der Waals surface area contributed by atoms with Gasteiger partial charge in [-0.2, -0.15) is 0 Å². The van der Waals surface area contributed by atoms with E-state index in [1.54, 1.807) is 0 Å². The number of unbranched alkanes of at least 4 members (excludes halogenated alkanes) is 2. The number of allylic oxidation sites excluding steroid dienone is 3. The molecule has 0 radical (unpaired) electrons. The minimum atomic E-state index is 0.289. The molecule has 2 nitrogen and oxygen atoms in total. The van der Waals surface area contributed by atoms with Crippen molar-refractivity contribution in [3.05, 3.63) is 36.6 Å². The Labute approximate surface area is 93.4 Å². The first kappa shape index (κ1) is 14.0. The third-order valence-electron chi connectivity index (χ3n) is 2.16. The molecule has 86 valence electrons. The smallest absolute Gasteiger partial charge is 0.0431 e. The second-order valence-corrected chi connectivity index (χ2v) is 3.58. The Morgan fingerprint density at radius 3 is 2.53 bits per heavy atom. The molecule has 0 fully saturated rings. The van der Waals surface area contributed by atoms with E-state index in [9.17, 15) is 0 Å². The molecule has 0 saturated heterocycles.